The highest BCUT2D eigenvalue weighted by molar-refractivity contribution is 6.00. The third-order valence-electron chi connectivity index (χ3n) is 10.1. The van der Waals surface area contributed by atoms with Gasteiger partial charge in [-0.2, -0.15) is 5.10 Å². The number of carbonyl (C=O) groups excluding carboxylic acids is 2. The first-order valence-corrected chi connectivity index (χ1v) is 17.0. The van der Waals surface area contributed by atoms with E-state index in [1.807, 2.05) is 57.2 Å². The van der Waals surface area contributed by atoms with Crippen LogP contribution in [0.3, 0.4) is 0 Å². The summed E-state index contributed by atoms with van der Waals surface area (Å²) in [6, 6.07) is 14.3. The van der Waals surface area contributed by atoms with E-state index in [-0.39, 0.29) is 23.9 Å². The Balaban J connectivity index is 1.20. The largest absolute Gasteiger partial charge is 0.494 e. The Hall–Kier alpha value is -4.80. The fraction of sp³-hybridized carbons (Fsp3) is 0.459. The number of methoxy groups -OCH3 is 1. The van der Waals surface area contributed by atoms with Gasteiger partial charge in [0.15, 0.2) is 5.82 Å². The van der Waals surface area contributed by atoms with Crippen molar-refractivity contribution in [1.82, 2.24) is 34.1 Å². The molecule has 5 aromatic rings. The predicted octanol–water partition coefficient (Wildman–Crippen LogP) is 5.99. The number of aromatic nitrogens is 5. The van der Waals surface area contributed by atoms with Crippen molar-refractivity contribution in [3.63, 3.8) is 0 Å². The number of nitrogens with zero attached hydrogens (tertiary/aromatic N) is 6. The van der Waals surface area contributed by atoms with Gasteiger partial charge in [0.05, 0.1) is 43.1 Å². The van der Waals surface area contributed by atoms with Gasteiger partial charge in [0.2, 0.25) is 0 Å². The van der Waals surface area contributed by atoms with Gasteiger partial charge in [-0.1, -0.05) is 18.2 Å². The van der Waals surface area contributed by atoms with Gasteiger partial charge in [-0.05, 0) is 82.6 Å². The number of carbonyl (C=O) groups is 2. The second kappa shape index (κ2) is 11.4. The van der Waals surface area contributed by atoms with E-state index in [0.717, 1.165) is 42.0 Å². The Bertz CT molecular complexity index is 2050. The number of piperidine rings is 1. The molecule has 11 heteroatoms. The van der Waals surface area contributed by atoms with Gasteiger partial charge >= 0.3 is 6.09 Å². The lowest BCUT2D eigenvalue weighted by molar-refractivity contribution is 0.0485. The molecule has 250 valence electrons. The van der Waals surface area contributed by atoms with Gasteiger partial charge in [0.25, 0.3) is 5.91 Å². The van der Waals surface area contributed by atoms with Crippen LogP contribution in [0, 0.1) is 11.8 Å². The van der Waals surface area contributed by atoms with Crippen molar-refractivity contribution in [2.75, 3.05) is 13.7 Å². The highest BCUT2D eigenvalue weighted by Gasteiger charge is 2.50. The molecule has 1 N–H and O–H groups in total. The van der Waals surface area contributed by atoms with Crippen molar-refractivity contribution < 1.29 is 19.1 Å². The number of hydrogen-bond donors (Lipinski definition) is 1. The van der Waals surface area contributed by atoms with E-state index in [4.69, 9.17) is 14.5 Å². The monoisotopic (exact) mass is 649 g/mol. The van der Waals surface area contributed by atoms with Crippen molar-refractivity contribution in [2.45, 2.75) is 77.2 Å². The minimum Gasteiger partial charge on any atom is -0.494 e. The van der Waals surface area contributed by atoms with E-state index in [1.54, 1.807) is 11.8 Å². The van der Waals surface area contributed by atoms with Crippen molar-refractivity contribution in [3.05, 3.63) is 66.0 Å². The SMILES string of the molecule is COc1cc(C(=O)N2C[C@H]3CC[C@@H]2[C@@H]3NC(=O)OC(C)(C)C)cc2nc(-c3cc4ccccc4n3CC3CC3)n(Cc3cnn(C)c3)c12. The Morgan fingerprint density at radius 1 is 1.04 bits per heavy atom. The summed E-state index contributed by atoms with van der Waals surface area (Å²) < 4.78 is 18.0. The lowest BCUT2D eigenvalue weighted by atomic mass is 10.1. The molecule has 0 spiro atoms. The zero-order valence-corrected chi connectivity index (χ0v) is 28.3. The molecule has 4 heterocycles. The summed E-state index contributed by atoms with van der Waals surface area (Å²) in [4.78, 5) is 34.1. The summed E-state index contributed by atoms with van der Waals surface area (Å²) in [5.74, 6) is 2.20. The maximum Gasteiger partial charge on any atom is 0.407 e. The molecule has 2 saturated carbocycles. The lowest BCUT2D eigenvalue weighted by Crippen LogP contribution is -2.46. The standard InChI is InChI=1S/C37H43N7O4/c1-37(2,3)48-36(46)40-32-25-12-13-29(32)43(21-25)35(45)26-14-27-33(31(16-26)47-5)44(20-23-17-38-41(4)18-23)34(39-27)30-15-24-8-6-7-9-28(24)42(30)19-22-10-11-22/h6-9,14-18,22,25,29,32H,10-13,19-21H2,1-5H3,(H,40,46)/t25-,29-,32-/m1/s1. The van der Waals surface area contributed by atoms with Gasteiger partial charge in [-0.25, -0.2) is 9.78 Å². The fourth-order valence-corrected chi connectivity index (χ4v) is 7.80. The smallest absolute Gasteiger partial charge is 0.407 e. The molecule has 3 aromatic heterocycles. The average molecular weight is 650 g/mol. The summed E-state index contributed by atoms with van der Waals surface area (Å²) >= 11 is 0. The molecule has 2 aliphatic carbocycles. The summed E-state index contributed by atoms with van der Waals surface area (Å²) in [7, 11) is 3.56. The van der Waals surface area contributed by atoms with Gasteiger partial charge in [-0.3, -0.25) is 9.48 Å². The molecule has 1 aliphatic heterocycles. The van der Waals surface area contributed by atoms with Gasteiger partial charge in [0.1, 0.15) is 16.9 Å². The maximum absolute atomic E-state index is 14.2. The molecule has 8 rings (SSSR count). The van der Waals surface area contributed by atoms with Gasteiger partial charge < -0.3 is 28.8 Å². The average Bonchev–Trinajstić information content (AvgIpc) is 3.33. The lowest BCUT2D eigenvalue weighted by Gasteiger charge is -2.28. The molecule has 1 saturated heterocycles. The molecule has 0 unspecified atom stereocenters. The molecular weight excluding hydrogens is 606 g/mol. The number of rotatable bonds is 8. The van der Waals surface area contributed by atoms with E-state index in [9.17, 15) is 9.59 Å². The van der Waals surface area contributed by atoms with Crippen molar-refractivity contribution in [3.8, 4) is 17.3 Å². The van der Waals surface area contributed by atoms with E-state index in [1.165, 1.54) is 23.7 Å². The number of nitrogens with one attached hydrogen (secondary N) is 1. The van der Waals surface area contributed by atoms with E-state index in [0.29, 0.717) is 35.8 Å². The normalized spacial score (nSPS) is 20.6. The van der Waals surface area contributed by atoms with Crippen molar-refractivity contribution >= 4 is 33.9 Å². The number of aryl methyl sites for hydroxylation is 1. The molecule has 2 bridgehead atoms. The number of likely N-dealkylation sites (tertiary alicyclic amines) is 1. The third kappa shape index (κ3) is 5.48. The van der Waals surface area contributed by atoms with Crippen LogP contribution in [0.25, 0.3) is 33.5 Å². The minimum atomic E-state index is -0.589. The van der Waals surface area contributed by atoms with E-state index >= 15 is 0 Å². The molecule has 2 amide bonds. The van der Waals surface area contributed by atoms with Crippen LogP contribution in [-0.2, 0) is 24.9 Å². The first-order valence-electron chi connectivity index (χ1n) is 17.0. The quantitative estimate of drug-likeness (QED) is 0.221. The van der Waals surface area contributed by atoms with Crippen LogP contribution in [0.5, 0.6) is 5.75 Å². The van der Waals surface area contributed by atoms with E-state index < -0.39 is 11.7 Å². The van der Waals surface area contributed by atoms with Crippen LogP contribution in [0.15, 0.2) is 54.9 Å². The van der Waals surface area contributed by atoms with Crippen LogP contribution in [0.4, 0.5) is 4.79 Å². The summed E-state index contributed by atoms with van der Waals surface area (Å²) in [5.41, 5.74) is 4.76. The number of hydrogen-bond acceptors (Lipinski definition) is 6. The van der Waals surface area contributed by atoms with Gasteiger partial charge in [-0.15, -0.1) is 0 Å². The van der Waals surface area contributed by atoms with Gasteiger partial charge in [0, 0.05) is 48.4 Å². The van der Waals surface area contributed by atoms with Crippen LogP contribution >= 0.6 is 0 Å². The van der Waals surface area contributed by atoms with Crippen LogP contribution in [0.2, 0.25) is 0 Å². The number of alkyl carbamates (subject to hydrolysis) is 1. The molecule has 11 nitrogen and oxygen atoms in total. The zero-order chi connectivity index (χ0) is 33.3. The Morgan fingerprint density at radius 3 is 2.58 bits per heavy atom. The molecular formula is C37H43N7O4. The number of ether oxygens (including phenoxy) is 2. The molecule has 48 heavy (non-hydrogen) atoms. The Morgan fingerprint density at radius 2 is 1.85 bits per heavy atom. The minimum absolute atomic E-state index is 0.0791. The van der Waals surface area contributed by atoms with Crippen molar-refractivity contribution in [2.24, 2.45) is 18.9 Å². The van der Waals surface area contributed by atoms with Crippen LogP contribution in [-0.4, -0.2) is 72.1 Å². The van der Waals surface area contributed by atoms with Crippen LogP contribution in [0.1, 0.15) is 62.4 Å². The second-order valence-corrected chi connectivity index (χ2v) is 14.8. The summed E-state index contributed by atoms with van der Waals surface area (Å²) in [5, 5.41) is 8.67. The number of imidazole rings is 1. The molecule has 3 atom stereocenters. The Kier molecular flexibility index (Phi) is 7.26. The first kappa shape index (κ1) is 30.5. The number of benzene rings is 2. The molecule has 3 fully saturated rings. The highest BCUT2D eigenvalue weighted by atomic mass is 16.6. The molecule has 3 aliphatic rings. The van der Waals surface area contributed by atoms with E-state index in [2.05, 4.69) is 49.9 Å². The number of para-hydroxylation sites is 1. The van der Waals surface area contributed by atoms with Crippen molar-refractivity contribution in [1.29, 1.82) is 0 Å². The maximum atomic E-state index is 14.2. The zero-order valence-electron chi connectivity index (χ0n) is 28.3. The second-order valence-electron chi connectivity index (χ2n) is 14.8. The summed E-state index contributed by atoms with van der Waals surface area (Å²) in [6.07, 6.45) is 7.74. The third-order valence-corrected chi connectivity index (χ3v) is 10.1. The topological polar surface area (TPSA) is 108 Å². The first-order chi connectivity index (χ1) is 23.1. The van der Waals surface area contributed by atoms with Crippen LogP contribution < -0.4 is 10.1 Å². The predicted molar refractivity (Wildman–Crippen MR) is 183 cm³/mol. The number of fused-ring (bicyclic) bond motifs is 4. The fourth-order valence-electron chi connectivity index (χ4n) is 7.80. The molecule has 2 aromatic carbocycles. The highest BCUT2D eigenvalue weighted by Crippen LogP contribution is 2.41. The summed E-state index contributed by atoms with van der Waals surface area (Å²) in [6.45, 7) is 7.63. The molecule has 0 radical (unpaired) electrons. The number of amides is 2. The Labute approximate surface area is 279 Å².